The average Bonchev–Trinajstić information content (AvgIpc) is 2.82. The zero-order chi connectivity index (χ0) is 24.2. The van der Waals surface area contributed by atoms with Crippen molar-refractivity contribution >= 4 is 5.97 Å². The molecule has 5 heteroatoms. The standard InChI is InChI=1S/C29H33F3O2/c1-3-4-5-6-19-7-8-21-14-22(10-9-20(21)13-19)25-12-11-23(15-28(25)32)29(33)34-24-16-26(30)18(2)27(31)17-24/h3-4,11-12,15-17,19-22H,5-10,13-14H2,1-2H3/b4-3+. The number of halogens is 3. The van der Waals surface area contributed by atoms with Crippen molar-refractivity contribution in [1.82, 2.24) is 0 Å². The van der Waals surface area contributed by atoms with Gasteiger partial charge >= 0.3 is 5.97 Å². The second-order valence-corrected chi connectivity index (χ2v) is 9.99. The Morgan fingerprint density at radius 3 is 2.38 bits per heavy atom. The molecule has 0 aliphatic heterocycles. The molecule has 0 saturated heterocycles. The predicted octanol–water partition coefficient (Wildman–Crippen LogP) is 8.29. The molecule has 0 aromatic heterocycles. The Balaban J connectivity index is 1.38. The third kappa shape index (κ3) is 5.56. The summed E-state index contributed by atoms with van der Waals surface area (Å²) in [4.78, 5) is 12.4. The maximum absolute atomic E-state index is 15.0. The van der Waals surface area contributed by atoms with Crippen LogP contribution in [-0.4, -0.2) is 5.97 Å². The largest absolute Gasteiger partial charge is 0.423 e. The summed E-state index contributed by atoms with van der Waals surface area (Å²) >= 11 is 0. The maximum atomic E-state index is 15.0. The van der Waals surface area contributed by atoms with E-state index in [-0.39, 0.29) is 22.8 Å². The number of allylic oxidation sites excluding steroid dienone is 2. The summed E-state index contributed by atoms with van der Waals surface area (Å²) in [6, 6.07) is 6.31. The van der Waals surface area contributed by atoms with E-state index < -0.39 is 23.4 Å². The molecule has 2 nitrogen and oxygen atoms in total. The van der Waals surface area contributed by atoms with Gasteiger partial charge in [0.15, 0.2) is 0 Å². The van der Waals surface area contributed by atoms with E-state index in [0.29, 0.717) is 11.5 Å². The van der Waals surface area contributed by atoms with Gasteiger partial charge in [0.25, 0.3) is 0 Å². The fraction of sp³-hybridized carbons (Fsp3) is 0.483. The van der Waals surface area contributed by atoms with E-state index in [9.17, 15) is 13.6 Å². The number of fused-ring (bicyclic) bond motifs is 1. The zero-order valence-electron chi connectivity index (χ0n) is 20.0. The Bertz CT molecular complexity index is 1040. The zero-order valence-corrected chi connectivity index (χ0v) is 20.0. The van der Waals surface area contributed by atoms with Crippen LogP contribution < -0.4 is 4.74 Å². The summed E-state index contributed by atoms with van der Waals surface area (Å²) in [5.74, 6) is -0.737. The van der Waals surface area contributed by atoms with E-state index in [4.69, 9.17) is 4.74 Å². The first-order valence-corrected chi connectivity index (χ1v) is 12.4. The molecule has 4 atom stereocenters. The van der Waals surface area contributed by atoms with Crippen molar-refractivity contribution in [3.63, 3.8) is 0 Å². The van der Waals surface area contributed by atoms with Crippen LogP contribution in [0.25, 0.3) is 0 Å². The molecule has 4 unspecified atom stereocenters. The van der Waals surface area contributed by atoms with Crippen LogP contribution in [0.2, 0.25) is 0 Å². The molecule has 2 saturated carbocycles. The highest BCUT2D eigenvalue weighted by atomic mass is 19.1. The van der Waals surface area contributed by atoms with Crippen molar-refractivity contribution in [2.24, 2.45) is 17.8 Å². The predicted molar refractivity (Wildman–Crippen MR) is 127 cm³/mol. The molecule has 2 aliphatic carbocycles. The highest BCUT2D eigenvalue weighted by Gasteiger charge is 2.36. The first-order chi connectivity index (χ1) is 16.4. The summed E-state index contributed by atoms with van der Waals surface area (Å²) in [7, 11) is 0. The van der Waals surface area contributed by atoms with Gasteiger partial charge in [0.05, 0.1) is 5.56 Å². The molecule has 0 bridgehead atoms. The van der Waals surface area contributed by atoms with Crippen LogP contribution in [0.15, 0.2) is 42.5 Å². The minimum Gasteiger partial charge on any atom is -0.423 e. The van der Waals surface area contributed by atoms with Crippen LogP contribution in [0.1, 0.15) is 85.7 Å². The SMILES string of the molecule is C/C=C/CCC1CCC2CC(c3ccc(C(=O)Oc4cc(F)c(C)c(F)c4)cc3F)CCC2C1. The minimum absolute atomic E-state index is 0.0259. The van der Waals surface area contributed by atoms with E-state index in [0.717, 1.165) is 49.7 Å². The van der Waals surface area contributed by atoms with Crippen LogP contribution in [0.5, 0.6) is 5.75 Å². The lowest BCUT2D eigenvalue weighted by Crippen LogP contribution is -2.30. The van der Waals surface area contributed by atoms with Crippen LogP contribution in [-0.2, 0) is 0 Å². The number of benzene rings is 2. The van der Waals surface area contributed by atoms with Gasteiger partial charge in [-0.15, -0.1) is 0 Å². The molecule has 4 rings (SSSR count). The van der Waals surface area contributed by atoms with Crippen molar-refractivity contribution in [1.29, 1.82) is 0 Å². The summed E-state index contributed by atoms with van der Waals surface area (Å²) in [5.41, 5.74) is 0.530. The monoisotopic (exact) mass is 470 g/mol. The van der Waals surface area contributed by atoms with Gasteiger partial charge in [-0.25, -0.2) is 18.0 Å². The summed E-state index contributed by atoms with van der Waals surface area (Å²) in [6.07, 6.45) is 13.7. The van der Waals surface area contributed by atoms with Crippen LogP contribution in [0, 0.1) is 42.1 Å². The second kappa shape index (κ2) is 10.8. The van der Waals surface area contributed by atoms with Gasteiger partial charge < -0.3 is 4.74 Å². The van der Waals surface area contributed by atoms with Gasteiger partial charge in [0.1, 0.15) is 23.2 Å². The van der Waals surface area contributed by atoms with Crippen LogP contribution >= 0.6 is 0 Å². The normalized spacial score (nSPS) is 24.7. The lowest BCUT2D eigenvalue weighted by molar-refractivity contribution is 0.0733. The molecule has 0 N–H and O–H groups in total. The number of carbonyl (C=O) groups excluding carboxylic acids is 1. The molecule has 2 fully saturated rings. The number of rotatable bonds is 6. The third-order valence-corrected chi connectivity index (χ3v) is 7.84. The molecule has 0 spiro atoms. The van der Waals surface area contributed by atoms with Crippen molar-refractivity contribution in [2.45, 2.75) is 71.1 Å². The molecular formula is C29H33F3O2. The highest BCUT2D eigenvalue weighted by molar-refractivity contribution is 5.91. The van der Waals surface area contributed by atoms with Gasteiger partial charge in [-0.3, -0.25) is 0 Å². The van der Waals surface area contributed by atoms with Crippen LogP contribution in [0.3, 0.4) is 0 Å². The van der Waals surface area contributed by atoms with Gasteiger partial charge in [-0.1, -0.05) is 24.6 Å². The molecule has 0 heterocycles. The molecule has 0 radical (unpaired) electrons. The molecule has 34 heavy (non-hydrogen) atoms. The Morgan fingerprint density at radius 2 is 1.68 bits per heavy atom. The smallest absolute Gasteiger partial charge is 0.343 e. The fourth-order valence-corrected chi connectivity index (χ4v) is 5.86. The van der Waals surface area contributed by atoms with Crippen molar-refractivity contribution in [3.05, 3.63) is 76.6 Å². The van der Waals surface area contributed by atoms with Gasteiger partial charge in [-0.05, 0) is 100 Å². The summed E-state index contributed by atoms with van der Waals surface area (Å²) in [6.45, 7) is 3.37. The maximum Gasteiger partial charge on any atom is 0.343 e. The van der Waals surface area contributed by atoms with Gasteiger partial charge in [0, 0.05) is 17.7 Å². The first-order valence-electron chi connectivity index (χ1n) is 12.4. The van der Waals surface area contributed by atoms with Gasteiger partial charge in [-0.2, -0.15) is 0 Å². The summed E-state index contributed by atoms with van der Waals surface area (Å²) < 4.78 is 47.6. The van der Waals surface area contributed by atoms with E-state index in [2.05, 4.69) is 19.1 Å². The van der Waals surface area contributed by atoms with Crippen LogP contribution in [0.4, 0.5) is 13.2 Å². The number of esters is 1. The second-order valence-electron chi connectivity index (χ2n) is 9.99. The Kier molecular flexibility index (Phi) is 7.80. The topological polar surface area (TPSA) is 26.3 Å². The van der Waals surface area contributed by atoms with Crippen molar-refractivity contribution < 1.29 is 22.7 Å². The molecule has 182 valence electrons. The average molecular weight is 471 g/mol. The lowest BCUT2D eigenvalue weighted by Gasteiger charge is -2.42. The number of hydrogen-bond acceptors (Lipinski definition) is 2. The lowest BCUT2D eigenvalue weighted by atomic mass is 9.63. The fourth-order valence-electron chi connectivity index (χ4n) is 5.86. The third-order valence-electron chi connectivity index (χ3n) is 7.84. The van der Waals surface area contributed by atoms with E-state index in [1.165, 1.54) is 38.7 Å². The Labute approximate surface area is 200 Å². The Hall–Kier alpha value is -2.56. The van der Waals surface area contributed by atoms with E-state index in [1.54, 1.807) is 12.1 Å². The van der Waals surface area contributed by atoms with Crippen molar-refractivity contribution in [2.75, 3.05) is 0 Å². The number of carbonyl (C=O) groups is 1. The number of ether oxygens (including phenoxy) is 1. The minimum atomic E-state index is -0.840. The first kappa shape index (κ1) is 24.6. The number of hydrogen-bond donors (Lipinski definition) is 0. The quantitative estimate of drug-likeness (QED) is 0.241. The van der Waals surface area contributed by atoms with E-state index in [1.807, 2.05) is 0 Å². The molecule has 2 aromatic rings. The molecule has 0 amide bonds. The highest BCUT2D eigenvalue weighted by Crippen LogP contribution is 2.48. The van der Waals surface area contributed by atoms with Crippen molar-refractivity contribution in [3.8, 4) is 5.75 Å². The van der Waals surface area contributed by atoms with E-state index >= 15 is 4.39 Å². The van der Waals surface area contributed by atoms with Gasteiger partial charge in [0.2, 0.25) is 0 Å². The summed E-state index contributed by atoms with van der Waals surface area (Å²) in [5, 5.41) is 0. The molecular weight excluding hydrogens is 437 g/mol. The molecule has 2 aliphatic rings. The Morgan fingerprint density at radius 1 is 0.971 bits per heavy atom. The molecule has 2 aromatic carbocycles.